The van der Waals surface area contributed by atoms with E-state index in [9.17, 15) is 13.6 Å². The molecule has 0 unspecified atom stereocenters. The molecule has 0 spiro atoms. The van der Waals surface area contributed by atoms with Crippen LogP contribution in [0.2, 0.25) is 0 Å². The summed E-state index contributed by atoms with van der Waals surface area (Å²) in [6.07, 6.45) is -2.63. The van der Waals surface area contributed by atoms with Gasteiger partial charge in [-0.3, -0.25) is 0 Å². The lowest BCUT2D eigenvalue weighted by Crippen LogP contribution is -2.02. The fourth-order valence-electron chi connectivity index (χ4n) is 1.12. The highest BCUT2D eigenvalue weighted by Crippen LogP contribution is 2.24. The fraction of sp³-hybridized carbons (Fsp3) is 0.222. The Morgan fingerprint density at radius 2 is 2.08 bits per heavy atom. The van der Waals surface area contributed by atoms with Crippen LogP contribution in [0.4, 0.5) is 8.78 Å². The topological polar surface area (TPSA) is 37.3 Å². The van der Waals surface area contributed by atoms with Gasteiger partial charge in [-0.25, -0.2) is 13.6 Å². The first-order valence-corrected chi connectivity index (χ1v) is 3.65. The van der Waals surface area contributed by atoms with Gasteiger partial charge in [0.25, 0.3) is 6.43 Å². The molecule has 0 heterocycles. The van der Waals surface area contributed by atoms with Crippen LogP contribution in [0.5, 0.6) is 0 Å². The van der Waals surface area contributed by atoms with Crippen molar-refractivity contribution in [3.8, 4) is 0 Å². The van der Waals surface area contributed by atoms with E-state index in [-0.39, 0.29) is 16.7 Å². The average molecular weight is 186 g/mol. The molecule has 1 aromatic rings. The van der Waals surface area contributed by atoms with E-state index in [0.717, 1.165) is 0 Å². The van der Waals surface area contributed by atoms with Crippen LogP contribution in [0.25, 0.3) is 0 Å². The molecule has 0 fully saturated rings. The molecule has 0 bridgehead atoms. The van der Waals surface area contributed by atoms with Crippen LogP contribution < -0.4 is 0 Å². The third-order valence-corrected chi connectivity index (χ3v) is 1.84. The summed E-state index contributed by atoms with van der Waals surface area (Å²) in [5, 5.41) is 8.63. The number of hydrogen-bond donors (Lipinski definition) is 1. The van der Waals surface area contributed by atoms with E-state index in [4.69, 9.17) is 5.11 Å². The summed E-state index contributed by atoms with van der Waals surface area (Å²) in [5.41, 5.74) is -0.164. The molecule has 0 atom stereocenters. The third kappa shape index (κ3) is 1.83. The van der Waals surface area contributed by atoms with Crippen LogP contribution >= 0.6 is 0 Å². The van der Waals surface area contributed by atoms with Gasteiger partial charge in [0, 0.05) is 5.56 Å². The predicted octanol–water partition coefficient (Wildman–Crippen LogP) is 2.63. The van der Waals surface area contributed by atoms with Crippen molar-refractivity contribution in [1.82, 2.24) is 0 Å². The highest BCUT2D eigenvalue weighted by Gasteiger charge is 2.15. The van der Waals surface area contributed by atoms with Gasteiger partial charge >= 0.3 is 5.97 Å². The summed E-state index contributed by atoms with van der Waals surface area (Å²) in [6.45, 7) is 1.38. The number of carbonyl (C=O) groups is 1. The first kappa shape index (κ1) is 9.64. The molecule has 0 amide bonds. The molecule has 0 aliphatic rings. The van der Waals surface area contributed by atoms with E-state index in [1.807, 2.05) is 0 Å². The fourth-order valence-corrected chi connectivity index (χ4v) is 1.12. The largest absolute Gasteiger partial charge is 0.478 e. The second kappa shape index (κ2) is 3.51. The zero-order chi connectivity index (χ0) is 10.0. The number of halogens is 2. The molecular formula is C9H8F2O2. The number of rotatable bonds is 2. The second-order valence-electron chi connectivity index (χ2n) is 2.63. The predicted molar refractivity (Wildman–Crippen MR) is 43.1 cm³/mol. The second-order valence-corrected chi connectivity index (χ2v) is 2.63. The summed E-state index contributed by atoms with van der Waals surface area (Å²) in [7, 11) is 0. The molecule has 0 radical (unpaired) electrons. The van der Waals surface area contributed by atoms with Crippen molar-refractivity contribution in [3.63, 3.8) is 0 Å². The van der Waals surface area contributed by atoms with Gasteiger partial charge in [-0.2, -0.15) is 0 Å². The molecular weight excluding hydrogens is 178 g/mol. The van der Waals surface area contributed by atoms with Gasteiger partial charge in [-0.1, -0.05) is 12.1 Å². The van der Waals surface area contributed by atoms with Crippen LogP contribution in [-0.4, -0.2) is 11.1 Å². The number of aromatic carboxylic acids is 1. The number of carboxylic acid groups (broad SMARTS) is 1. The Hall–Kier alpha value is -1.45. The average Bonchev–Trinajstić information content (AvgIpc) is 2.03. The molecule has 13 heavy (non-hydrogen) atoms. The maximum absolute atomic E-state index is 12.3. The van der Waals surface area contributed by atoms with Crippen molar-refractivity contribution in [2.45, 2.75) is 13.3 Å². The van der Waals surface area contributed by atoms with Crippen LogP contribution in [0.1, 0.15) is 27.9 Å². The zero-order valence-electron chi connectivity index (χ0n) is 6.92. The normalized spacial score (nSPS) is 10.5. The van der Waals surface area contributed by atoms with Gasteiger partial charge in [0.15, 0.2) is 0 Å². The molecule has 1 aromatic carbocycles. The molecule has 70 valence electrons. The SMILES string of the molecule is Cc1c(C(=O)O)cccc1C(F)F. The highest BCUT2D eigenvalue weighted by molar-refractivity contribution is 5.89. The lowest BCUT2D eigenvalue weighted by molar-refractivity contribution is 0.0695. The number of benzene rings is 1. The monoisotopic (exact) mass is 186 g/mol. The van der Waals surface area contributed by atoms with Gasteiger partial charge in [-0.15, -0.1) is 0 Å². The minimum absolute atomic E-state index is 0.0715. The number of hydrogen-bond acceptors (Lipinski definition) is 1. The summed E-state index contributed by atoms with van der Waals surface area (Å²) in [5.74, 6) is -1.18. The van der Waals surface area contributed by atoms with E-state index in [2.05, 4.69) is 0 Å². The van der Waals surface area contributed by atoms with Crippen molar-refractivity contribution in [3.05, 3.63) is 34.9 Å². The zero-order valence-corrected chi connectivity index (χ0v) is 6.92. The van der Waals surface area contributed by atoms with Crippen LogP contribution in [0.15, 0.2) is 18.2 Å². The van der Waals surface area contributed by atoms with E-state index in [1.54, 1.807) is 0 Å². The standard InChI is InChI=1S/C9H8F2O2/c1-5-6(8(10)11)3-2-4-7(5)9(12)13/h2-4,8H,1H3,(H,12,13). The Labute approximate surface area is 73.8 Å². The molecule has 2 nitrogen and oxygen atoms in total. The minimum Gasteiger partial charge on any atom is -0.478 e. The van der Waals surface area contributed by atoms with Gasteiger partial charge in [0.1, 0.15) is 0 Å². The Morgan fingerprint density at radius 1 is 1.46 bits per heavy atom. The minimum atomic E-state index is -2.63. The Balaban J connectivity index is 3.26. The van der Waals surface area contributed by atoms with Gasteiger partial charge in [0.05, 0.1) is 5.56 Å². The molecule has 0 aliphatic heterocycles. The van der Waals surface area contributed by atoms with E-state index in [0.29, 0.717) is 0 Å². The molecule has 0 saturated carbocycles. The van der Waals surface area contributed by atoms with Crippen molar-refractivity contribution >= 4 is 5.97 Å². The highest BCUT2D eigenvalue weighted by atomic mass is 19.3. The third-order valence-electron chi connectivity index (χ3n) is 1.84. The van der Waals surface area contributed by atoms with Crippen LogP contribution in [-0.2, 0) is 0 Å². The molecule has 0 aromatic heterocycles. The molecule has 0 aliphatic carbocycles. The lowest BCUT2D eigenvalue weighted by atomic mass is 10.0. The summed E-state index contributed by atoms with van der Waals surface area (Å²) in [4.78, 5) is 10.6. The smallest absolute Gasteiger partial charge is 0.335 e. The van der Waals surface area contributed by atoms with Crippen molar-refractivity contribution in [1.29, 1.82) is 0 Å². The molecule has 1 rings (SSSR count). The van der Waals surface area contributed by atoms with E-state index in [1.165, 1.54) is 25.1 Å². The maximum Gasteiger partial charge on any atom is 0.335 e. The number of alkyl halides is 2. The lowest BCUT2D eigenvalue weighted by Gasteiger charge is -2.06. The van der Waals surface area contributed by atoms with Crippen molar-refractivity contribution < 1.29 is 18.7 Å². The van der Waals surface area contributed by atoms with E-state index < -0.39 is 12.4 Å². The molecule has 1 N–H and O–H groups in total. The summed E-state index contributed by atoms with van der Waals surface area (Å²) >= 11 is 0. The van der Waals surface area contributed by atoms with Crippen LogP contribution in [0, 0.1) is 6.92 Å². The molecule has 4 heteroatoms. The quantitative estimate of drug-likeness (QED) is 0.770. The van der Waals surface area contributed by atoms with Gasteiger partial charge < -0.3 is 5.11 Å². The summed E-state index contributed by atoms with van der Waals surface area (Å²) < 4.78 is 24.6. The molecule has 0 saturated heterocycles. The maximum atomic E-state index is 12.3. The Morgan fingerprint density at radius 3 is 2.54 bits per heavy atom. The van der Waals surface area contributed by atoms with Crippen molar-refractivity contribution in [2.75, 3.05) is 0 Å². The van der Waals surface area contributed by atoms with Gasteiger partial charge in [0.2, 0.25) is 0 Å². The summed E-state index contributed by atoms with van der Waals surface area (Å²) in [6, 6.07) is 3.86. The Kier molecular flexibility index (Phi) is 2.60. The van der Waals surface area contributed by atoms with Crippen LogP contribution in [0.3, 0.4) is 0 Å². The number of carboxylic acids is 1. The van der Waals surface area contributed by atoms with Gasteiger partial charge in [-0.05, 0) is 18.6 Å². The Bertz CT molecular complexity index is 334. The van der Waals surface area contributed by atoms with E-state index >= 15 is 0 Å². The van der Waals surface area contributed by atoms with Crippen molar-refractivity contribution in [2.24, 2.45) is 0 Å². The first-order valence-electron chi connectivity index (χ1n) is 3.65. The first-order chi connectivity index (χ1) is 6.04.